The molecule has 27 heavy (non-hydrogen) atoms. The number of anilines is 1. The number of rotatable bonds is 5. The number of benzene rings is 2. The van der Waals surface area contributed by atoms with Gasteiger partial charge in [-0.15, -0.1) is 11.8 Å². The van der Waals surface area contributed by atoms with Crippen molar-refractivity contribution in [1.82, 2.24) is 5.32 Å². The largest absolute Gasteiger partial charge is 0.492 e. The summed E-state index contributed by atoms with van der Waals surface area (Å²) >= 11 is 2.92. The van der Waals surface area contributed by atoms with Crippen LogP contribution in [-0.4, -0.2) is 41.8 Å². The van der Waals surface area contributed by atoms with E-state index in [9.17, 15) is 9.59 Å². The lowest BCUT2D eigenvalue weighted by molar-refractivity contribution is -0.118. The average Bonchev–Trinajstić information content (AvgIpc) is 2.98. The number of para-hydroxylation sites is 1. The van der Waals surface area contributed by atoms with Gasteiger partial charge in [0.25, 0.3) is 5.24 Å². The highest BCUT2D eigenvalue weighted by molar-refractivity contribution is 8.15. The number of amides is 2. The zero-order valence-corrected chi connectivity index (χ0v) is 16.5. The Bertz CT molecular complexity index is 857. The smallest absolute Gasteiger partial charge is 0.286 e. The van der Waals surface area contributed by atoms with E-state index in [0.717, 1.165) is 29.6 Å². The van der Waals surface area contributed by atoms with Gasteiger partial charge in [0.05, 0.1) is 16.2 Å². The van der Waals surface area contributed by atoms with E-state index in [4.69, 9.17) is 4.74 Å². The van der Waals surface area contributed by atoms with E-state index in [1.807, 2.05) is 36.0 Å². The van der Waals surface area contributed by atoms with Crippen LogP contribution < -0.4 is 15.0 Å². The van der Waals surface area contributed by atoms with Crippen LogP contribution in [0.1, 0.15) is 5.56 Å². The number of imide groups is 1. The van der Waals surface area contributed by atoms with Crippen molar-refractivity contribution in [2.75, 3.05) is 25.1 Å². The van der Waals surface area contributed by atoms with Gasteiger partial charge in [-0.1, -0.05) is 36.0 Å². The van der Waals surface area contributed by atoms with Crippen LogP contribution >= 0.6 is 23.5 Å². The summed E-state index contributed by atoms with van der Waals surface area (Å²) in [5.74, 6) is 0.615. The highest BCUT2D eigenvalue weighted by atomic mass is 32.2. The molecule has 2 atom stereocenters. The summed E-state index contributed by atoms with van der Waals surface area (Å²) in [5.41, 5.74) is 2.29. The average molecular weight is 401 g/mol. The predicted molar refractivity (Wildman–Crippen MR) is 110 cm³/mol. The molecular weight excluding hydrogens is 380 g/mol. The first-order valence-electron chi connectivity index (χ1n) is 8.78. The Morgan fingerprint density at radius 2 is 1.89 bits per heavy atom. The Kier molecular flexibility index (Phi) is 5.31. The lowest BCUT2D eigenvalue weighted by Gasteiger charge is -2.32. The summed E-state index contributed by atoms with van der Waals surface area (Å²) in [7, 11) is 2.11. The molecule has 0 saturated carbocycles. The summed E-state index contributed by atoms with van der Waals surface area (Å²) in [6.45, 7) is 1.58. The molecular formula is C20H20N2O3S2. The molecule has 0 radical (unpaired) electrons. The van der Waals surface area contributed by atoms with Crippen LogP contribution in [0.15, 0.2) is 53.4 Å². The number of carbonyl (C=O) groups is 2. The van der Waals surface area contributed by atoms with Gasteiger partial charge in [0.2, 0.25) is 5.91 Å². The molecule has 0 aromatic heterocycles. The normalized spacial score (nSPS) is 21.7. The van der Waals surface area contributed by atoms with Gasteiger partial charge in [-0.05, 0) is 36.2 Å². The predicted octanol–water partition coefficient (Wildman–Crippen LogP) is 3.57. The lowest BCUT2D eigenvalue weighted by Crippen LogP contribution is -2.34. The van der Waals surface area contributed by atoms with Crippen LogP contribution in [0.4, 0.5) is 10.5 Å². The molecule has 2 heterocycles. The molecule has 1 fully saturated rings. The van der Waals surface area contributed by atoms with Crippen LogP contribution in [0.5, 0.6) is 5.75 Å². The second kappa shape index (κ2) is 7.86. The van der Waals surface area contributed by atoms with E-state index in [1.165, 1.54) is 10.6 Å². The highest BCUT2D eigenvalue weighted by Gasteiger charge is 2.31. The van der Waals surface area contributed by atoms with Gasteiger partial charge in [-0.2, -0.15) is 0 Å². The first-order chi connectivity index (χ1) is 13.1. The monoisotopic (exact) mass is 400 g/mol. The summed E-state index contributed by atoms with van der Waals surface area (Å²) in [5, 5.41) is 2.09. The first kappa shape index (κ1) is 18.3. The van der Waals surface area contributed by atoms with Crippen molar-refractivity contribution in [3.63, 3.8) is 0 Å². The fraction of sp³-hybridized carbons (Fsp3) is 0.300. The Labute approximate surface area is 166 Å². The summed E-state index contributed by atoms with van der Waals surface area (Å²) in [6.07, 6.45) is 0.544. The number of carbonyl (C=O) groups excluding carboxylic acids is 2. The number of nitrogens with one attached hydrogen (secondary N) is 1. The first-order valence-corrected chi connectivity index (χ1v) is 10.5. The Hall–Kier alpha value is -2.12. The minimum absolute atomic E-state index is 0.205. The second-order valence-corrected chi connectivity index (χ2v) is 9.15. The van der Waals surface area contributed by atoms with Gasteiger partial charge >= 0.3 is 0 Å². The number of hydrogen-bond donors (Lipinski definition) is 1. The molecule has 2 amide bonds. The number of ether oxygens (including phenoxy) is 1. The van der Waals surface area contributed by atoms with Crippen molar-refractivity contribution in [2.45, 2.75) is 21.8 Å². The van der Waals surface area contributed by atoms with Crippen molar-refractivity contribution in [1.29, 1.82) is 0 Å². The summed E-state index contributed by atoms with van der Waals surface area (Å²) < 4.78 is 5.99. The van der Waals surface area contributed by atoms with E-state index >= 15 is 0 Å². The maximum atomic E-state index is 11.7. The van der Waals surface area contributed by atoms with Crippen molar-refractivity contribution in [2.24, 2.45) is 0 Å². The highest BCUT2D eigenvalue weighted by Crippen LogP contribution is 2.37. The minimum Gasteiger partial charge on any atom is -0.492 e. The van der Waals surface area contributed by atoms with Crippen LogP contribution in [0.25, 0.3) is 0 Å². The van der Waals surface area contributed by atoms with Crippen molar-refractivity contribution < 1.29 is 14.3 Å². The molecule has 7 heteroatoms. The molecule has 2 aromatic rings. The third kappa shape index (κ3) is 4.25. The number of hydrogen-bond acceptors (Lipinski definition) is 6. The van der Waals surface area contributed by atoms with Crippen LogP contribution in [0.2, 0.25) is 0 Å². The third-order valence-electron chi connectivity index (χ3n) is 4.59. The Morgan fingerprint density at radius 1 is 1.11 bits per heavy atom. The fourth-order valence-corrected chi connectivity index (χ4v) is 5.39. The maximum Gasteiger partial charge on any atom is 0.286 e. The van der Waals surface area contributed by atoms with Crippen LogP contribution in [0, 0.1) is 0 Å². The molecule has 2 aromatic carbocycles. The summed E-state index contributed by atoms with van der Waals surface area (Å²) in [6, 6.07) is 16.2. The van der Waals surface area contributed by atoms with E-state index in [2.05, 4.69) is 41.5 Å². The molecule has 1 saturated heterocycles. The number of nitrogens with zero attached hydrogens (tertiary/aromatic N) is 1. The zero-order chi connectivity index (χ0) is 18.8. The molecule has 5 nitrogen and oxygen atoms in total. The minimum atomic E-state index is -0.335. The zero-order valence-electron chi connectivity index (χ0n) is 14.9. The van der Waals surface area contributed by atoms with Crippen molar-refractivity contribution in [3.05, 3.63) is 54.1 Å². The van der Waals surface area contributed by atoms with Crippen molar-refractivity contribution >= 4 is 40.4 Å². The summed E-state index contributed by atoms with van der Waals surface area (Å²) in [4.78, 5) is 26.5. The second-order valence-electron chi connectivity index (χ2n) is 6.63. The van der Waals surface area contributed by atoms with E-state index in [1.54, 1.807) is 0 Å². The fourth-order valence-electron chi connectivity index (χ4n) is 3.23. The standard InChI is InChI=1S/C20H20N2O3S2/c1-22-11-15(26-17-5-3-2-4-16(17)22)12-25-14-8-6-13(7-9-14)10-18-19(23)21-20(24)27-18/h2-9,15,18H,10-12H2,1H3,(H,21,23,24). The Balaban J connectivity index is 1.32. The van der Waals surface area contributed by atoms with Gasteiger partial charge in [0.1, 0.15) is 12.4 Å². The molecule has 0 aliphatic carbocycles. The molecule has 140 valence electrons. The third-order valence-corrected chi connectivity index (χ3v) is 6.79. The van der Waals surface area contributed by atoms with Crippen LogP contribution in [0.3, 0.4) is 0 Å². The van der Waals surface area contributed by atoms with Gasteiger partial charge in [-0.3, -0.25) is 14.9 Å². The van der Waals surface area contributed by atoms with E-state index in [-0.39, 0.29) is 16.4 Å². The van der Waals surface area contributed by atoms with Gasteiger partial charge in [0.15, 0.2) is 0 Å². The molecule has 2 aliphatic heterocycles. The van der Waals surface area contributed by atoms with Gasteiger partial charge in [0, 0.05) is 18.5 Å². The SMILES string of the molecule is CN1CC(COc2ccc(CC3SC(=O)NC3=O)cc2)Sc2ccccc21. The molecule has 2 unspecified atom stereocenters. The molecule has 1 N–H and O–H groups in total. The number of thioether (sulfide) groups is 2. The topological polar surface area (TPSA) is 58.6 Å². The van der Waals surface area contributed by atoms with E-state index < -0.39 is 0 Å². The number of fused-ring (bicyclic) bond motifs is 1. The van der Waals surface area contributed by atoms with Gasteiger partial charge < -0.3 is 9.64 Å². The molecule has 0 spiro atoms. The van der Waals surface area contributed by atoms with E-state index in [0.29, 0.717) is 18.3 Å². The van der Waals surface area contributed by atoms with Crippen LogP contribution in [-0.2, 0) is 11.2 Å². The molecule has 4 rings (SSSR count). The van der Waals surface area contributed by atoms with Crippen molar-refractivity contribution in [3.8, 4) is 5.75 Å². The Morgan fingerprint density at radius 3 is 2.63 bits per heavy atom. The molecule has 2 aliphatic rings. The van der Waals surface area contributed by atoms with Gasteiger partial charge in [-0.25, -0.2) is 0 Å². The quantitative estimate of drug-likeness (QED) is 0.828. The maximum absolute atomic E-state index is 11.7. The molecule has 0 bridgehead atoms. The lowest BCUT2D eigenvalue weighted by atomic mass is 10.1.